The van der Waals surface area contributed by atoms with E-state index in [2.05, 4.69) is 5.32 Å². The van der Waals surface area contributed by atoms with Gasteiger partial charge in [0.15, 0.2) is 0 Å². The zero-order valence-corrected chi connectivity index (χ0v) is 13.5. The molecular formula is C16H21Cl2NO2. The number of benzene rings is 1. The van der Waals surface area contributed by atoms with Crippen LogP contribution in [-0.4, -0.2) is 23.4 Å². The van der Waals surface area contributed by atoms with E-state index in [1.807, 2.05) is 6.07 Å². The van der Waals surface area contributed by atoms with E-state index >= 15 is 0 Å². The number of halogens is 2. The second kappa shape index (κ2) is 6.74. The van der Waals surface area contributed by atoms with Gasteiger partial charge in [-0.25, -0.2) is 0 Å². The minimum atomic E-state index is -0.408. The standard InChI is InChI=1S/C16H21Cl2NO2/c17-11-7-10(9-19-12-5-6-12)16(13(18)8-11)21-15-4-2-1-3-14(15)20/h7-8,12,14-15,19-20H,1-6,9H2. The molecule has 2 saturated carbocycles. The zero-order chi connectivity index (χ0) is 14.8. The lowest BCUT2D eigenvalue weighted by Crippen LogP contribution is -2.35. The summed E-state index contributed by atoms with van der Waals surface area (Å²) < 4.78 is 6.06. The second-order valence-corrected chi connectivity index (χ2v) is 6.88. The Kier molecular flexibility index (Phi) is 4.95. The Morgan fingerprint density at radius 1 is 1.14 bits per heavy atom. The molecule has 5 heteroatoms. The third-order valence-corrected chi connectivity index (χ3v) is 4.68. The normalized spacial score (nSPS) is 25.9. The van der Waals surface area contributed by atoms with E-state index in [0.29, 0.717) is 28.4 Å². The van der Waals surface area contributed by atoms with Gasteiger partial charge in [-0.05, 0) is 44.2 Å². The summed E-state index contributed by atoms with van der Waals surface area (Å²) in [5, 5.41) is 14.7. The van der Waals surface area contributed by atoms with Gasteiger partial charge in [-0.2, -0.15) is 0 Å². The first-order valence-corrected chi connectivity index (χ1v) is 8.45. The Bertz CT molecular complexity index is 505. The van der Waals surface area contributed by atoms with E-state index in [1.54, 1.807) is 6.07 Å². The summed E-state index contributed by atoms with van der Waals surface area (Å²) in [6, 6.07) is 4.21. The van der Waals surface area contributed by atoms with Crippen molar-refractivity contribution in [1.82, 2.24) is 5.32 Å². The molecule has 0 saturated heterocycles. The molecule has 2 unspecified atom stereocenters. The number of hydrogen-bond donors (Lipinski definition) is 2. The quantitative estimate of drug-likeness (QED) is 0.860. The van der Waals surface area contributed by atoms with Crippen LogP contribution in [0.5, 0.6) is 5.75 Å². The lowest BCUT2D eigenvalue weighted by atomic mass is 9.95. The SMILES string of the molecule is OC1CCCCC1Oc1c(Cl)cc(Cl)cc1CNC1CC1. The van der Waals surface area contributed by atoms with Crippen LogP contribution in [0.1, 0.15) is 44.1 Å². The summed E-state index contributed by atoms with van der Waals surface area (Å²) in [5.74, 6) is 0.667. The molecule has 0 spiro atoms. The first-order valence-electron chi connectivity index (χ1n) is 7.69. The molecule has 2 aliphatic rings. The molecule has 0 radical (unpaired) electrons. The monoisotopic (exact) mass is 329 g/mol. The summed E-state index contributed by atoms with van der Waals surface area (Å²) in [7, 11) is 0. The summed E-state index contributed by atoms with van der Waals surface area (Å²) in [6.45, 7) is 0.698. The lowest BCUT2D eigenvalue weighted by Gasteiger charge is -2.29. The van der Waals surface area contributed by atoms with E-state index in [4.69, 9.17) is 27.9 Å². The molecule has 2 atom stereocenters. The van der Waals surface area contributed by atoms with Gasteiger partial charge in [0.25, 0.3) is 0 Å². The van der Waals surface area contributed by atoms with Gasteiger partial charge in [0.1, 0.15) is 11.9 Å². The fourth-order valence-electron chi connectivity index (χ4n) is 2.78. The van der Waals surface area contributed by atoms with Crippen LogP contribution in [-0.2, 0) is 6.54 Å². The minimum absolute atomic E-state index is 0.169. The van der Waals surface area contributed by atoms with Crippen LogP contribution in [0.2, 0.25) is 10.0 Å². The highest BCUT2D eigenvalue weighted by Gasteiger charge is 2.27. The minimum Gasteiger partial charge on any atom is -0.486 e. The number of aliphatic hydroxyl groups is 1. The molecule has 1 aromatic rings. The third kappa shape index (κ3) is 4.04. The first-order chi connectivity index (χ1) is 10.1. The van der Waals surface area contributed by atoms with Gasteiger partial charge in [0.2, 0.25) is 0 Å². The summed E-state index contributed by atoms with van der Waals surface area (Å²) in [6.07, 6.45) is 5.69. The van der Waals surface area contributed by atoms with Gasteiger partial charge < -0.3 is 15.2 Å². The van der Waals surface area contributed by atoms with Crippen LogP contribution in [0, 0.1) is 0 Å². The van der Waals surface area contributed by atoms with E-state index in [9.17, 15) is 5.11 Å². The fourth-order valence-corrected chi connectivity index (χ4v) is 3.36. The van der Waals surface area contributed by atoms with Crippen LogP contribution < -0.4 is 10.1 Å². The Balaban J connectivity index is 1.77. The zero-order valence-electron chi connectivity index (χ0n) is 11.9. The lowest BCUT2D eigenvalue weighted by molar-refractivity contribution is 0.00641. The molecule has 2 N–H and O–H groups in total. The molecule has 1 aromatic carbocycles. The second-order valence-electron chi connectivity index (χ2n) is 6.04. The summed E-state index contributed by atoms with van der Waals surface area (Å²) in [5.41, 5.74) is 0.970. The molecular weight excluding hydrogens is 309 g/mol. The molecule has 0 amide bonds. The Labute approximate surface area is 135 Å². The van der Waals surface area contributed by atoms with Crippen molar-refractivity contribution in [2.75, 3.05) is 0 Å². The van der Waals surface area contributed by atoms with Crippen molar-refractivity contribution >= 4 is 23.2 Å². The van der Waals surface area contributed by atoms with Crippen LogP contribution in [0.3, 0.4) is 0 Å². The molecule has 0 aromatic heterocycles. The average molecular weight is 330 g/mol. The van der Waals surface area contributed by atoms with Gasteiger partial charge in [-0.15, -0.1) is 0 Å². The van der Waals surface area contributed by atoms with E-state index in [-0.39, 0.29) is 6.10 Å². The van der Waals surface area contributed by atoms with Crippen molar-refractivity contribution in [2.45, 2.75) is 63.3 Å². The predicted octanol–water partition coefficient (Wildman–Crippen LogP) is 3.93. The number of nitrogens with one attached hydrogen (secondary N) is 1. The van der Waals surface area contributed by atoms with Crippen LogP contribution >= 0.6 is 23.2 Å². The Morgan fingerprint density at radius 2 is 1.90 bits per heavy atom. The highest BCUT2D eigenvalue weighted by Crippen LogP contribution is 2.35. The fraction of sp³-hybridized carbons (Fsp3) is 0.625. The maximum atomic E-state index is 10.1. The van der Waals surface area contributed by atoms with E-state index < -0.39 is 6.10 Å². The maximum Gasteiger partial charge on any atom is 0.143 e. The first kappa shape index (κ1) is 15.4. The largest absolute Gasteiger partial charge is 0.486 e. The van der Waals surface area contributed by atoms with E-state index in [0.717, 1.165) is 31.2 Å². The average Bonchev–Trinajstić information content (AvgIpc) is 3.26. The predicted molar refractivity (Wildman–Crippen MR) is 85.2 cm³/mol. The molecule has 2 aliphatic carbocycles. The molecule has 3 nitrogen and oxygen atoms in total. The van der Waals surface area contributed by atoms with Gasteiger partial charge in [-0.1, -0.05) is 29.6 Å². The van der Waals surface area contributed by atoms with Crippen LogP contribution in [0.25, 0.3) is 0 Å². The van der Waals surface area contributed by atoms with Gasteiger partial charge >= 0.3 is 0 Å². The van der Waals surface area contributed by atoms with Crippen LogP contribution in [0.4, 0.5) is 0 Å². The maximum absolute atomic E-state index is 10.1. The number of aliphatic hydroxyl groups excluding tert-OH is 1. The van der Waals surface area contributed by atoms with Crippen LogP contribution in [0.15, 0.2) is 12.1 Å². The van der Waals surface area contributed by atoms with Crippen molar-refractivity contribution in [2.24, 2.45) is 0 Å². The van der Waals surface area contributed by atoms with Gasteiger partial charge in [0.05, 0.1) is 11.1 Å². The van der Waals surface area contributed by atoms with Gasteiger partial charge in [0, 0.05) is 23.2 Å². The molecule has 0 heterocycles. The molecule has 0 bridgehead atoms. The molecule has 3 rings (SSSR count). The third-order valence-electron chi connectivity index (χ3n) is 4.18. The number of ether oxygens (including phenoxy) is 1. The van der Waals surface area contributed by atoms with Crippen molar-refractivity contribution in [3.63, 3.8) is 0 Å². The van der Waals surface area contributed by atoms with Crippen molar-refractivity contribution in [3.8, 4) is 5.75 Å². The molecule has 0 aliphatic heterocycles. The van der Waals surface area contributed by atoms with E-state index in [1.165, 1.54) is 12.8 Å². The van der Waals surface area contributed by atoms with Gasteiger partial charge in [-0.3, -0.25) is 0 Å². The number of rotatable bonds is 5. The highest BCUT2D eigenvalue weighted by molar-refractivity contribution is 6.35. The molecule has 21 heavy (non-hydrogen) atoms. The van der Waals surface area contributed by atoms with Crippen molar-refractivity contribution in [3.05, 3.63) is 27.7 Å². The molecule has 116 valence electrons. The smallest absolute Gasteiger partial charge is 0.143 e. The Morgan fingerprint density at radius 3 is 2.62 bits per heavy atom. The van der Waals surface area contributed by atoms with Crippen molar-refractivity contribution < 1.29 is 9.84 Å². The Hall–Kier alpha value is -0.480. The molecule has 2 fully saturated rings. The number of hydrogen-bond acceptors (Lipinski definition) is 3. The summed E-state index contributed by atoms with van der Waals surface area (Å²) in [4.78, 5) is 0. The summed E-state index contributed by atoms with van der Waals surface area (Å²) >= 11 is 12.4. The highest BCUT2D eigenvalue weighted by atomic mass is 35.5. The topological polar surface area (TPSA) is 41.5 Å². The van der Waals surface area contributed by atoms with Crippen molar-refractivity contribution in [1.29, 1.82) is 0 Å².